The molecule has 0 unspecified atom stereocenters. The van der Waals surface area contributed by atoms with Crippen molar-refractivity contribution in [3.05, 3.63) is 60.8 Å². The van der Waals surface area contributed by atoms with E-state index in [9.17, 15) is 0 Å². The second kappa shape index (κ2) is 5.15. The fraction of sp³-hybridized carbons (Fsp3) is 0.111. The van der Waals surface area contributed by atoms with E-state index in [1.54, 1.807) is 0 Å². The van der Waals surface area contributed by atoms with E-state index in [1.165, 1.54) is 5.52 Å². The van der Waals surface area contributed by atoms with Crippen molar-refractivity contribution in [3.8, 4) is 22.9 Å². The van der Waals surface area contributed by atoms with Crippen molar-refractivity contribution < 1.29 is 4.42 Å². The molecule has 0 radical (unpaired) electrons. The van der Waals surface area contributed by atoms with E-state index in [0.717, 1.165) is 23.1 Å². The predicted octanol–water partition coefficient (Wildman–Crippen LogP) is 4.38. The first-order valence-corrected chi connectivity index (χ1v) is 7.34. The van der Waals surface area contributed by atoms with E-state index in [0.29, 0.717) is 11.8 Å². The van der Waals surface area contributed by atoms with Gasteiger partial charge in [0.15, 0.2) is 0 Å². The lowest BCUT2D eigenvalue weighted by Crippen LogP contribution is -1.89. The van der Waals surface area contributed by atoms with E-state index < -0.39 is 0 Å². The number of benzene rings is 2. The Bertz CT molecular complexity index is 922. The molecule has 4 nitrogen and oxygen atoms in total. The summed E-state index contributed by atoms with van der Waals surface area (Å²) in [6.45, 7) is 3.03. The van der Waals surface area contributed by atoms with Gasteiger partial charge in [-0.25, -0.2) is 0 Å². The summed E-state index contributed by atoms with van der Waals surface area (Å²) in [5.74, 6) is 1.10. The number of hydrogen-bond acceptors (Lipinski definition) is 3. The lowest BCUT2D eigenvalue weighted by Gasteiger charge is -1.97. The van der Waals surface area contributed by atoms with Crippen LogP contribution >= 0.6 is 0 Å². The fourth-order valence-electron chi connectivity index (χ4n) is 2.71. The van der Waals surface area contributed by atoms with Crippen LogP contribution in [0, 0.1) is 0 Å². The summed E-state index contributed by atoms with van der Waals surface area (Å²) in [6.07, 6.45) is 2.08. The Hall–Kier alpha value is -2.88. The molecule has 0 spiro atoms. The molecule has 0 fully saturated rings. The van der Waals surface area contributed by atoms with E-state index >= 15 is 0 Å². The second-order valence-corrected chi connectivity index (χ2v) is 5.12. The molecule has 108 valence electrons. The fourth-order valence-corrected chi connectivity index (χ4v) is 2.71. The first-order valence-electron chi connectivity index (χ1n) is 7.34. The van der Waals surface area contributed by atoms with E-state index in [2.05, 4.69) is 40.0 Å². The van der Waals surface area contributed by atoms with Crippen molar-refractivity contribution in [2.24, 2.45) is 0 Å². The summed E-state index contributed by atoms with van der Waals surface area (Å²) in [5.41, 5.74) is 3.09. The predicted molar refractivity (Wildman–Crippen MR) is 86.3 cm³/mol. The maximum absolute atomic E-state index is 5.89. The van der Waals surface area contributed by atoms with Crippen LogP contribution in [-0.4, -0.2) is 14.8 Å². The summed E-state index contributed by atoms with van der Waals surface area (Å²) < 4.78 is 8.08. The molecule has 0 N–H and O–H groups in total. The van der Waals surface area contributed by atoms with Gasteiger partial charge in [0.05, 0.1) is 5.56 Å². The third kappa shape index (κ3) is 2.00. The van der Waals surface area contributed by atoms with Gasteiger partial charge in [-0.05, 0) is 25.1 Å². The zero-order valence-corrected chi connectivity index (χ0v) is 12.2. The minimum absolute atomic E-state index is 0.545. The highest BCUT2D eigenvalue weighted by molar-refractivity contribution is 5.94. The highest BCUT2D eigenvalue weighted by Crippen LogP contribution is 2.31. The Morgan fingerprint density at radius 3 is 2.45 bits per heavy atom. The van der Waals surface area contributed by atoms with Gasteiger partial charge in [-0.3, -0.25) is 0 Å². The Morgan fingerprint density at radius 1 is 0.909 bits per heavy atom. The normalized spacial score (nSPS) is 11.1. The molecule has 4 rings (SSSR count). The molecular formula is C18H15N3O. The molecule has 4 aromatic rings. The molecule has 2 aromatic carbocycles. The van der Waals surface area contributed by atoms with Crippen molar-refractivity contribution in [2.75, 3.05) is 0 Å². The zero-order valence-electron chi connectivity index (χ0n) is 12.2. The first-order chi connectivity index (χ1) is 10.9. The summed E-state index contributed by atoms with van der Waals surface area (Å²) in [6, 6.07) is 18.1. The smallest absolute Gasteiger partial charge is 0.250 e. The minimum atomic E-state index is 0.545. The van der Waals surface area contributed by atoms with Gasteiger partial charge in [-0.1, -0.05) is 36.4 Å². The van der Waals surface area contributed by atoms with Gasteiger partial charge in [-0.2, -0.15) is 0 Å². The third-order valence-electron chi connectivity index (χ3n) is 3.81. The van der Waals surface area contributed by atoms with Crippen LogP contribution in [-0.2, 0) is 6.54 Å². The van der Waals surface area contributed by atoms with Crippen LogP contribution in [0.25, 0.3) is 33.8 Å². The van der Waals surface area contributed by atoms with E-state index in [4.69, 9.17) is 4.42 Å². The van der Waals surface area contributed by atoms with Crippen LogP contribution in [0.15, 0.2) is 65.2 Å². The van der Waals surface area contributed by atoms with Crippen molar-refractivity contribution in [1.82, 2.24) is 14.8 Å². The van der Waals surface area contributed by atoms with Crippen LogP contribution in [0.5, 0.6) is 0 Å². The molecule has 22 heavy (non-hydrogen) atoms. The Kier molecular flexibility index (Phi) is 3.00. The molecule has 2 heterocycles. The van der Waals surface area contributed by atoms with Gasteiger partial charge in [0.2, 0.25) is 11.8 Å². The molecule has 0 aliphatic carbocycles. The number of hydrogen-bond donors (Lipinski definition) is 0. The number of nitrogens with zero attached hydrogens (tertiary/aromatic N) is 3. The quantitative estimate of drug-likeness (QED) is 0.562. The molecule has 0 saturated carbocycles. The molecule has 0 bridgehead atoms. The molecule has 0 aliphatic rings. The number of rotatable bonds is 3. The highest BCUT2D eigenvalue weighted by atomic mass is 16.4. The van der Waals surface area contributed by atoms with Gasteiger partial charge in [0, 0.05) is 29.2 Å². The molecule has 0 atom stereocenters. The number of para-hydroxylation sites is 1. The van der Waals surface area contributed by atoms with E-state index in [1.807, 2.05) is 42.5 Å². The average Bonchev–Trinajstić information content (AvgIpc) is 3.20. The minimum Gasteiger partial charge on any atom is -0.416 e. The molecule has 2 aromatic heterocycles. The SMILES string of the molecule is CCn1cc(-c2nnc(-c3ccccc3)o2)c2ccccc21. The van der Waals surface area contributed by atoms with Crippen LogP contribution in [0.1, 0.15) is 6.92 Å². The number of aromatic nitrogens is 3. The Labute approximate surface area is 128 Å². The van der Waals surface area contributed by atoms with Crippen LogP contribution in [0.4, 0.5) is 0 Å². The maximum Gasteiger partial charge on any atom is 0.250 e. The Balaban J connectivity index is 1.85. The summed E-state index contributed by atoms with van der Waals surface area (Å²) in [5, 5.41) is 9.54. The van der Waals surface area contributed by atoms with Crippen molar-refractivity contribution in [3.63, 3.8) is 0 Å². The van der Waals surface area contributed by atoms with Crippen molar-refractivity contribution >= 4 is 10.9 Å². The topological polar surface area (TPSA) is 43.9 Å². The van der Waals surface area contributed by atoms with Crippen molar-refractivity contribution in [1.29, 1.82) is 0 Å². The molecule has 4 heteroatoms. The van der Waals surface area contributed by atoms with Crippen LogP contribution < -0.4 is 0 Å². The average molecular weight is 289 g/mol. The first kappa shape index (κ1) is 12.8. The summed E-state index contributed by atoms with van der Waals surface area (Å²) in [7, 11) is 0. The molecular weight excluding hydrogens is 274 g/mol. The Morgan fingerprint density at radius 2 is 1.64 bits per heavy atom. The van der Waals surface area contributed by atoms with Gasteiger partial charge in [-0.15, -0.1) is 10.2 Å². The van der Waals surface area contributed by atoms with Crippen LogP contribution in [0.3, 0.4) is 0 Å². The summed E-state index contributed by atoms with van der Waals surface area (Å²) in [4.78, 5) is 0. The zero-order chi connectivity index (χ0) is 14.9. The number of aryl methyl sites for hydroxylation is 1. The largest absolute Gasteiger partial charge is 0.416 e. The number of fused-ring (bicyclic) bond motifs is 1. The van der Waals surface area contributed by atoms with Crippen LogP contribution in [0.2, 0.25) is 0 Å². The highest BCUT2D eigenvalue weighted by Gasteiger charge is 2.15. The monoisotopic (exact) mass is 289 g/mol. The van der Waals surface area contributed by atoms with Gasteiger partial charge >= 0.3 is 0 Å². The van der Waals surface area contributed by atoms with Crippen molar-refractivity contribution in [2.45, 2.75) is 13.5 Å². The standard InChI is InChI=1S/C18H15N3O/c1-2-21-12-15(14-10-6-7-11-16(14)21)18-20-19-17(22-18)13-8-4-3-5-9-13/h3-12H,2H2,1H3. The lowest BCUT2D eigenvalue weighted by molar-refractivity contribution is 0.585. The van der Waals surface area contributed by atoms with Gasteiger partial charge < -0.3 is 8.98 Å². The molecule has 0 saturated heterocycles. The maximum atomic E-state index is 5.89. The third-order valence-corrected chi connectivity index (χ3v) is 3.81. The molecule has 0 aliphatic heterocycles. The van der Waals surface area contributed by atoms with Gasteiger partial charge in [0.25, 0.3) is 0 Å². The van der Waals surface area contributed by atoms with E-state index in [-0.39, 0.29) is 0 Å². The second-order valence-electron chi connectivity index (χ2n) is 5.12. The summed E-state index contributed by atoms with van der Waals surface area (Å²) >= 11 is 0. The van der Waals surface area contributed by atoms with Gasteiger partial charge in [0.1, 0.15) is 0 Å². The lowest BCUT2D eigenvalue weighted by atomic mass is 10.2. The molecule has 0 amide bonds.